The van der Waals surface area contributed by atoms with Crippen LogP contribution in [0.1, 0.15) is 18.2 Å². The van der Waals surface area contributed by atoms with Crippen LogP contribution in [0.2, 0.25) is 10.0 Å². The van der Waals surface area contributed by atoms with E-state index in [0.717, 1.165) is 0 Å². The molecular formula is C12H9Cl2N3O. The zero-order chi connectivity index (χ0) is 13.3. The largest absolute Gasteiger partial charge is 0.280 e. The van der Waals surface area contributed by atoms with Crippen molar-refractivity contribution in [3.05, 3.63) is 49.9 Å². The molecule has 0 unspecified atom stereocenters. The fourth-order valence-corrected chi connectivity index (χ4v) is 2.22. The Morgan fingerprint density at radius 3 is 2.67 bits per heavy atom. The highest BCUT2D eigenvalue weighted by atomic mass is 35.5. The second-order valence-corrected chi connectivity index (χ2v) is 4.51. The Hall–Kier alpha value is -1.70. The van der Waals surface area contributed by atoms with Gasteiger partial charge in [-0.3, -0.25) is 9.89 Å². The summed E-state index contributed by atoms with van der Waals surface area (Å²) in [5.74, 6) is 0. The summed E-state index contributed by atoms with van der Waals surface area (Å²) >= 11 is 11.8. The van der Waals surface area contributed by atoms with Crippen molar-refractivity contribution in [2.75, 3.05) is 0 Å². The molecule has 1 N–H and O–H groups in total. The van der Waals surface area contributed by atoms with Gasteiger partial charge in [0.2, 0.25) is 0 Å². The number of hydrogen-bond acceptors (Lipinski definition) is 2. The third kappa shape index (κ3) is 2.03. The fraction of sp³-hybridized carbons (Fsp3) is 0.167. The molecular weight excluding hydrogens is 273 g/mol. The van der Waals surface area contributed by atoms with Crippen LogP contribution in [-0.2, 0) is 6.42 Å². The predicted molar refractivity (Wildman–Crippen MR) is 70.5 cm³/mol. The molecule has 0 aliphatic rings. The van der Waals surface area contributed by atoms with Crippen molar-refractivity contribution in [2.24, 2.45) is 0 Å². The summed E-state index contributed by atoms with van der Waals surface area (Å²) in [4.78, 5) is 12.1. The molecule has 6 heteroatoms. The monoisotopic (exact) mass is 281 g/mol. The first kappa shape index (κ1) is 12.7. The van der Waals surface area contributed by atoms with Crippen LogP contribution in [0.3, 0.4) is 0 Å². The number of halogens is 2. The van der Waals surface area contributed by atoms with Gasteiger partial charge >= 0.3 is 0 Å². The van der Waals surface area contributed by atoms with Gasteiger partial charge in [-0.1, -0.05) is 30.1 Å². The summed E-state index contributed by atoms with van der Waals surface area (Å²) < 4.78 is 1.26. The van der Waals surface area contributed by atoms with Crippen LogP contribution in [0.25, 0.3) is 5.69 Å². The second kappa shape index (κ2) is 4.89. The lowest BCUT2D eigenvalue weighted by Gasteiger charge is -2.04. The average Bonchev–Trinajstić information content (AvgIpc) is 2.66. The molecule has 2 aromatic rings. The van der Waals surface area contributed by atoms with Gasteiger partial charge < -0.3 is 0 Å². The van der Waals surface area contributed by atoms with Crippen LogP contribution < -0.4 is 5.56 Å². The van der Waals surface area contributed by atoms with Crippen LogP contribution in [0.15, 0.2) is 23.0 Å². The first-order valence-electron chi connectivity index (χ1n) is 5.28. The topological polar surface area (TPSA) is 61.6 Å². The van der Waals surface area contributed by atoms with Gasteiger partial charge in [0.05, 0.1) is 16.3 Å². The molecule has 2 rings (SSSR count). The first-order chi connectivity index (χ1) is 8.58. The summed E-state index contributed by atoms with van der Waals surface area (Å²) in [5, 5.41) is 12.5. The third-order valence-corrected chi connectivity index (χ3v) is 3.14. The molecule has 0 radical (unpaired) electrons. The number of hydrogen-bond donors (Lipinski definition) is 1. The van der Waals surface area contributed by atoms with Gasteiger partial charge in [-0.05, 0) is 24.6 Å². The lowest BCUT2D eigenvalue weighted by atomic mass is 10.2. The van der Waals surface area contributed by atoms with Gasteiger partial charge in [0.1, 0.15) is 11.8 Å². The van der Waals surface area contributed by atoms with Crippen molar-refractivity contribution < 1.29 is 0 Å². The summed E-state index contributed by atoms with van der Waals surface area (Å²) in [7, 11) is 0. The Balaban J connectivity index is 2.69. The maximum Gasteiger partial charge on any atom is 0.275 e. The van der Waals surface area contributed by atoms with Crippen LogP contribution in [0, 0.1) is 11.3 Å². The van der Waals surface area contributed by atoms with Crippen LogP contribution in [0.5, 0.6) is 0 Å². The van der Waals surface area contributed by atoms with E-state index in [0.29, 0.717) is 27.7 Å². The van der Waals surface area contributed by atoms with E-state index in [9.17, 15) is 4.79 Å². The van der Waals surface area contributed by atoms with E-state index in [4.69, 9.17) is 28.5 Å². The second-order valence-electron chi connectivity index (χ2n) is 3.67. The molecule has 0 amide bonds. The van der Waals surface area contributed by atoms with Crippen molar-refractivity contribution in [2.45, 2.75) is 13.3 Å². The van der Waals surface area contributed by atoms with Gasteiger partial charge in [-0.2, -0.15) is 5.26 Å². The van der Waals surface area contributed by atoms with Crippen molar-refractivity contribution >= 4 is 23.2 Å². The van der Waals surface area contributed by atoms with Crippen molar-refractivity contribution in [1.29, 1.82) is 5.26 Å². The zero-order valence-electron chi connectivity index (χ0n) is 9.50. The Bertz CT molecular complexity index is 694. The lowest BCUT2D eigenvalue weighted by molar-refractivity contribution is 0.842. The Labute approximate surface area is 113 Å². The standard InChI is InChI=1S/C12H9Cl2N3O/c1-2-8-10(6-15)16-17(12(8)18)11-4-3-7(13)5-9(11)14/h3-5,16H,2H2,1H3. The number of rotatable bonds is 2. The van der Waals surface area contributed by atoms with E-state index >= 15 is 0 Å². The van der Waals surface area contributed by atoms with Gasteiger partial charge in [0.15, 0.2) is 0 Å². The van der Waals surface area contributed by atoms with E-state index in [2.05, 4.69) is 5.10 Å². The Morgan fingerprint density at radius 1 is 1.44 bits per heavy atom. The highest BCUT2D eigenvalue weighted by Crippen LogP contribution is 2.23. The molecule has 1 aromatic carbocycles. The van der Waals surface area contributed by atoms with Crippen LogP contribution >= 0.6 is 23.2 Å². The maximum atomic E-state index is 12.1. The molecule has 0 atom stereocenters. The molecule has 0 aliphatic heterocycles. The van der Waals surface area contributed by atoms with E-state index < -0.39 is 0 Å². The average molecular weight is 282 g/mol. The Morgan fingerprint density at radius 2 is 2.17 bits per heavy atom. The summed E-state index contributed by atoms with van der Waals surface area (Å²) in [6.45, 7) is 1.82. The molecule has 0 fully saturated rings. The molecule has 0 bridgehead atoms. The summed E-state index contributed by atoms with van der Waals surface area (Å²) in [6, 6.07) is 6.77. The quantitative estimate of drug-likeness (QED) is 0.920. The number of nitrogens with zero attached hydrogens (tertiary/aromatic N) is 2. The van der Waals surface area contributed by atoms with Gasteiger partial charge in [0, 0.05) is 5.02 Å². The minimum atomic E-state index is -0.265. The molecule has 1 heterocycles. The highest BCUT2D eigenvalue weighted by molar-refractivity contribution is 6.35. The molecule has 0 aliphatic carbocycles. The fourth-order valence-electron chi connectivity index (χ4n) is 1.72. The van der Waals surface area contributed by atoms with Crippen molar-refractivity contribution in [3.63, 3.8) is 0 Å². The summed E-state index contributed by atoms with van der Waals surface area (Å²) in [6.07, 6.45) is 0.483. The number of aromatic amines is 1. The van der Waals surface area contributed by atoms with Crippen molar-refractivity contribution in [3.8, 4) is 11.8 Å². The minimum Gasteiger partial charge on any atom is -0.280 e. The third-order valence-electron chi connectivity index (χ3n) is 2.60. The number of nitrogens with one attached hydrogen (secondary N) is 1. The molecule has 4 nitrogen and oxygen atoms in total. The molecule has 18 heavy (non-hydrogen) atoms. The maximum absolute atomic E-state index is 12.1. The molecule has 0 spiro atoms. The smallest absolute Gasteiger partial charge is 0.275 e. The van der Waals surface area contributed by atoms with E-state index in [-0.39, 0.29) is 11.3 Å². The molecule has 0 saturated carbocycles. The van der Waals surface area contributed by atoms with Gasteiger partial charge in [-0.15, -0.1) is 0 Å². The SMILES string of the molecule is CCc1c(C#N)[nH]n(-c2ccc(Cl)cc2Cl)c1=O. The van der Waals surface area contributed by atoms with Crippen molar-refractivity contribution in [1.82, 2.24) is 9.78 Å². The summed E-state index contributed by atoms with van der Waals surface area (Å²) in [5.41, 5.74) is 0.914. The number of aromatic nitrogens is 2. The number of nitriles is 1. The van der Waals surface area contributed by atoms with Gasteiger partial charge in [-0.25, -0.2) is 4.68 Å². The molecule has 92 valence electrons. The molecule has 0 saturated heterocycles. The van der Waals surface area contributed by atoms with E-state index in [1.807, 2.05) is 13.0 Å². The first-order valence-corrected chi connectivity index (χ1v) is 6.03. The van der Waals surface area contributed by atoms with Gasteiger partial charge in [0.25, 0.3) is 5.56 Å². The number of benzene rings is 1. The van der Waals surface area contributed by atoms with Crippen LogP contribution in [-0.4, -0.2) is 9.78 Å². The normalized spacial score (nSPS) is 10.3. The van der Waals surface area contributed by atoms with E-state index in [1.54, 1.807) is 18.2 Å². The predicted octanol–water partition coefficient (Wildman–Crippen LogP) is 2.91. The Kier molecular flexibility index (Phi) is 3.46. The highest BCUT2D eigenvalue weighted by Gasteiger charge is 2.15. The molecule has 1 aromatic heterocycles. The zero-order valence-corrected chi connectivity index (χ0v) is 11.0. The lowest BCUT2D eigenvalue weighted by Crippen LogP contribution is -2.17. The minimum absolute atomic E-state index is 0.258. The van der Waals surface area contributed by atoms with Crippen LogP contribution in [0.4, 0.5) is 0 Å². The van der Waals surface area contributed by atoms with E-state index in [1.165, 1.54) is 4.68 Å². The number of H-pyrrole nitrogens is 1.